The Morgan fingerprint density at radius 1 is 1.21 bits per heavy atom. The third-order valence-corrected chi connectivity index (χ3v) is 5.92. The third-order valence-electron chi connectivity index (χ3n) is 5.92. The van der Waals surface area contributed by atoms with Gasteiger partial charge in [0.25, 0.3) is 5.56 Å². The summed E-state index contributed by atoms with van der Waals surface area (Å²) >= 11 is 0. The van der Waals surface area contributed by atoms with Gasteiger partial charge in [0.1, 0.15) is 12.4 Å². The number of fused-ring (bicyclic) bond motifs is 1. The zero-order valence-electron chi connectivity index (χ0n) is 20.5. The lowest BCUT2D eigenvalue weighted by Gasteiger charge is -2.22. The van der Waals surface area contributed by atoms with Crippen LogP contribution in [0.15, 0.2) is 46.4 Å². The Morgan fingerprint density at radius 2 is 1.91 bits per heavy atom. The Labute approximate surface area is 198 Å². The first-order valence-corrected chi connectivity index (χ1v) is 11.2. The van der Waals surface area contributed by atoms with Gasteiger partial charge < -0.3 is 5.11 Å². The van der Waals surface area contributed by atoms with E-state index in [4.69, 9.17) is 0 Å². The summed E-state index contributed by atoms with van der Waals surface area (Å²) in [7, 11) is 1.53. The quantitative estimate of drug-likeness (QED) is 0.246. The molecule has 2 aromatic carbocycles. The number of rotatable bonds is 7. The van der Waals surface area contributed by atoms with Gasteiger partial charge in [0, 0.05) is 19.8 Å². The normalized spacial score (nSPS) is 11.9. The zero-order chi connectivity index (χ0) is 25.2. The van der Waals surface area contributed by atoms with E-state index in [0.29, 0.717) is 18.3 Å². The highest BCUT2D eigenvalue weighted by molar-refractivity contribution is 5.93. The Hall–Kier alpha value is -3.52. The Balaban J connectivity index is 2.26. The van der Waals surface area contributed by atoms with Gasteiger partial charge >= 0.3 is 0 Å². The van der Waals surface area contributed by atoms with Gasteiger partial charge in [0.05, 0.1) is 16.8 Å². The van der Waals surface area contributed by atoms with Crippen molar-refractivity contribution < 1.29 is 14.3 Å². The van der Waals surface area contributed by atoms with Crippen molar-refractivity contribution in [3.05, 3.63) is 69.4 Å². The minimum atomic E-state index is -0.629. The van der Waals surface area contributed by atoms with Crippen molar-refractivity contribution in [2.45, 2.75) is 40.5 Å². The van der Waals surface area contributed by atoms with E-state index in [1.165, 1.54) is 23.0 Å². The lowest BCUT2D eigenvalue weighted by atomic mass is 9.97. The smallest absolute Gasteiger partial charge is 0.263 e. The second kappa shape index (κ2) is 10.2. The predicted molar refractivity (Wildman–Crippen MR) is 134 cm³/mol. The topological polar surface area (TPSA) is 78.1 Å². The number of amides is 1. The molecule has 1 N–H and O–H groups in total. The fraction of sp³-hybridized carbons (Fsp3) is 0.346. The Kier molecular flexibility index (Phi) is 7.51. The number of benzene rings is 2. The predicted octanol–water partition coefficient (Wildman–Crippen LogP) is 4.09. The number of nitrogens with zero attached hydrogens (tertiary/aromatic N) is 4. The lowest BCUT2D eigenvalue weighted by molar-refractivity contribution is -0.114. The van der Waals surface area contributed by atoms with Crippen molar-refractivity contribution in [1.29, 1.82) is 0 Å². The number of carbonyl (C=O) groups is 1. The highest BCUT2D eigenvalue weighted by atomic mass is 19.1. The highest BCUT2D eigenvalue weighted by Gasteiger charge is 2.19. The number of hydrogen-bond donors (Lipinski definition) is 1. The maximum absolute atomic E-state index is 15.3. The van der Waals surface area contributed by atoms with E-state index in [9.17, 15) is 14.7 Å². The minimum Gasteiger partial charge on any atom is -0.388 e. The third kappa shape index (κ3) is 4.72. The van der Waals surface area contributed by atoms with Crippen molar-refractivity contribution in [1.82, 2.24) is 9.47 Å². The molecule has 3 aromatic rings. The molecule has 1 amide bonds. The van der Waals surface area contributed by atoms with E-state index < -0.39 is 12.4 Å². The van der Waals surface area contributed by atoms with Crippen LogP contribution in [0.4, 0.5) is 10.1 Å². The first kappa shape index (κ1) is 25.1. The number of anilines is 1. The molecule has 180 valence electrons. The molecule has 0 aliphatic carbocycles. The molecule has 0 atom stereocenters. The van der Waals surface area contributed by atoms with Crippen molar-refractivity contribution >= 4 is 28.7 Å². The van der Waals surface area contributed by atoms with Crippen LogP contribution in [0.1, 0.15) is 43.4 Å². The van der Waals surface area contributed by atoms with E-state index in [1.807, 2.05) is 52.1 Å². The van der Waals surface area contributed by atoms with E-state index in [0.717, 1.165) is 22.4 Å². The maximum atomic E-state index is 15.3. The molecule has 0 bridgehead atoms. The van der Waals surface area contributed by atoms with Crippen LogP contribution in [0.5, 0.6) is 0 Å². The number of amidine groups is 1. The van der Waals surface area contributed by atoms with Crippen molar-refractivity contribution in [3.8, 4) is 5.69 Å². The van der Waals surface area contributed by atoms with Gasteiger partial charge in [-0.2, -0.15) is 5.10 Å². The monoisotopic (exact) mass is 466 g/mol. The number of carbonyl (C=O) groups excluding carboxylic acids is 1. The van der Waals surface area contributed by atoms with E-state index in [1.54, 1.807) is 17.6 Å². The second-order valence-corrected chi connectivity index (χ2v) is 8.64. The summed E-state index contributed by atoms with van der Waals surface area (Å²) in [6, 6.07) is 8.74. The molecule has 0 saturated heterocycles. The summed E-state index contributed by atoms with van der Waals surface area (Å²) in [6.45, 7) is 9.51. The van der Waals surface area contributed by atoms with Crippen LogP contribution < -0.4 is 10.6 Å². The van der Waals surface area contributed by atoms with E-state index in [-0.39, 0.29) is 28.4 Å². The molecule has 3 rings (SSSR count). The number of aromatic nitrogens is 1. The van der Waals surface area contributed by atoms with Crippen LogP contribution in [-0.2, 0) is 4.79 Å². The van der Waals surface area contributed by atoms with Crippen LogP contribution in [0, 0.1) is 19.7 Å². The molecule has 8 heteroatoms. The van der Waals surface area contributed by atoms with Gasteiger partial charge in [-0.05, 0) is 67.0 Å². The molecule has 0 saturated carbocycles. The molecule has 1 heterocycles. The van der Waals surface area contributed by atoms with Gasteiger partial charge in [-0.1, -0.05) is 26.0 Å². The maximum Gasteiger partial charge on any atom is 0.263 e. The molecule has 34 heavy (non-hydrogen) atoms. The largest absolute Gasteiger partial charge is 0.388 e. The Morgan fingerprint density at radius 3 is 2.50 bits per heavy atom. The highest BCUT2D eigenvalue weighted by Crippen LogP contribution is 2.31. The first-order valence-electron chi connectivity index (χ1n) is 11.2. The number of likely N-dealkylation sites (N-methyl/N-ethyl adjacent to an activating group) is 1. The number of aryl methyl sites for hydroxylation is 2. The summed E-state index contributed by atoms with van der Waals surface area (Å²) in [5, 5.41) is 16.0. The molecular formula is C26H31FN4O3. The zero-order valence-corrected chi connectivity index (χ0v) is 20.5. The first-order chi connectivity index (χ1) is 16.1. The molecule has 1 aromatic heterocycles. The number of hydrogen-bond acceptors (Lipinski definition) is 5. The van der Waals surface area contributed by atoms with Crippen molar-refractivity contribution in [2.75, 3.05) is 25.2 Å². The number of pyridine rings is 1. The summed E-state index contributed by atoms with van der Waals surface area (Å²) in [5.41, 5.74) is 3.45. The molecule has 7 nitrogen and oxygen atoms in total. The van der Waals surface area contributed by atoms with Crippen LogP contribution in [0.2, 0.25) is 0 Å². The SMILES string of the molecule is CCN(C=O)/C(CO)=N\N(C)c1cc2c(C(C)C)cn(-c3cc(C)ccc3C)c(=O)c2cc1F. The standard InChI is InChI=1S/C26H31FN4O3/c1-7-30(15-33)25(14-32)28-29(6)24-12-19-20(11-22(24)27)26(34)31(13-21(19)16(2)3)23-10-17(4)8-9-18(23)5/h8-13,15-16,32H,7,14H2,1-6H3/b28-25-. The molecule has 0 fully saturated rings. The van der Waals surface area contributed by atoms with Crippen LogP contribution in [-0.4, -0.2) is 47.0 Å². The number of aliphatic hydroxyl groups excluding tert-OH is 1. The molecule has 0 unspecified atom stereocenters. The average molecular weight is 467 g/mol. The van der Waals surface area contributed by atoms with E-state index in [2.05, 4.69) is 5.10 Å². The summed E-state index contributed by atoms with van der Waals surface area (Å²) in [6.07, 6.45) is 2.39. The fourth-order valence-corrected chi connectivity index (χ4v) is 3.97. The van der Waals surface area contributed by atoms with Crippen molar-refractivity contribution in [3.63, 3.8) is 0 Å². The van der Waals surface area contributed by atoms with Gasteiger partial charge in [-0.3, -0.25) is 24.1 Å². The summed E-state index contributed by atoms with van der Waals surface area (Å²) in [5.74, 6) is -0.477. The summed E-state index contributed by atoms with van der Waals surface area (Å²) in [4.78, 5) is 26.0. The molecular weight excluding hydrogens is 435 g/mol. The minimum absolute atomic E-state index is 0.0604. The van der Waals surface area contributed by atoms with Gasteiger partial charge in [0.2, 0.25) is 6.41 Å². The van der Waals surface area contributed by atoms with Crippen LogP contribution >= 0.6 is 0 Å². The van der Waals surface area contributed by atoms with E-state index >= 15 is 4.39 Å². The fourth-order valence-electron chi connectivity index (χ4n) is 3.97. The van der Waals surface area contributed by atoms with Crippen LogP contribution in [0.3, 0.4) is 0 Å². The average Bonchev–Trinajstić information content (AvgIpc) is 2.80. The lowest BCUT2D eigenvalue weighted by Crippen LogP contribution is -2.34. The number of halogens is 1. The molecule has 0 radical (unpaired) electrons. The van der Waals surface area contributed by atoms with Crippen molar-refractivity contribution in [2.24, 2.45) is 5.10 Å². The van der Waals surface area contributed by atoms with Gasteiger partial charge in [-0.25, -0.2) is 4.39 Å². The molecule has 0 spiro atoms. The van der Waals surface area contributed by atoms with Crippen LogP contribution in [0.25, 0.3) is 16.5 Å². The molecule has 0 aliphatic heterocycles. The molecule has 0 aliphatic rings. The number of hydrazone groups is 1. The summed E-state index contributed by atoms with van der Waals surface area (Å²) < 4.78 is 16.9. The number of aliphatic hydroxyl groups is 1. The van der Waals surface area contributed by atoms with Gasteiger partial charge in [-0.15, -0.1) is 0 Å². The Bertz CT molecular complexity index is 1310. The van der Waals surface area contributed by atoms with Gasteiger partial charge in [0.15, 0.2) is 5.84 Å². The second-order valence-electron chi connectivity index (χ2n) is 8.64.